The molecule has 3 nitrogen and oxygen atoms in total. The van der Waals surface area contributed by atoms with E-state index in [1.165, 1.54) is 0 Å². The van der Waals surface area contributed by atoms with Gasteiger partial charge in [-0.3, -0.25) is 9.69 Å². The first-order chi connectivity index (χ1) is 11.2. The number of carbonyl (C=O) groups excluding carboxylic acids is 1. The molecule has 23 heavy (non-hydrogen) atoms. The number of nitrogens with zero attached hydrogens (tertiary/aromatic N) is 1. The fraction of sp³-hybridized carbons (Fsp3) is 0.316. The molecule has 2 aromatic carbocycles. The molecule has 1 fully saturated rings. The zero-order valence-electron chi connectivity index (χ0n) is 13.0. The lowest BCUT2D eigenvalue weighted by Gasteiger charge is -2.33. The Balaban J connectivity index is 1.54. The van der Waals surface area contributed by atoms with Crippen molar-refractivity contribution in [1.29, 1.82) is 0 Å². The average molecular weight is 330 g/mol. The lowest BCUT2D eigenvalue weighted by atomic mass is 10.1. The molecule has 120 valence electrons. The van der Waals surface area contributed by atoms with Crippen molar-refractivity contribution in [1.82, 2.24) is 4.90 Å². The number of hydrogen-bond donors (Lipinski definition) is 0. The van der Waals surface area contributed by atoms with Crippen LogP contribution in [0.5, 0.6) is 0 Å². The fourth-order valence-corrected chi connectivity index (χ4v) is 2.94. The minimum absolute atomic E-state index is 0.0489. The first kappa shape index (κ1) is 16.2. The molecule has 2 aromatic rings. The number of morpholine rings is 1. The second kappa shape index (κ2) is 7.73. The highest BCUT2D eigenvalue weighted by Gasteiger charge is 2.22. The van der Waals surface area contributed by atoms with E-state index in [1.54, 1.807) is 0 Å². The van der Waals surface area contributed by atoms with Gasteiger partial charge in [0.2, 0.25) is 0 Å². The van der Waals surface area contributed by atoms with E-state index in [0.29, 0.717) is 13.0 Å². The molecule has 1 heterocycles. The van der Waals surface area contributed by atoms with Gasteiger partial charge in [0, 0.05) is 36.6 Å². The molecule has 1 unspecified atom stereocenters. The predicted molar refractivity (Wildman–Crippen MR) is 92.0 cm³/mol. The second-order valence-corrected chi connectivity index (χ2v) is 6.19. The molecule has 3 rings (SSSR count). The van der Waals surface area contributed by atoms with Gasteiger partial charge in [-0.25, -0.2) is 0 Å². The van der Waals surface area contributed by atoms with Crippen molar-refractivity contribution in [3.63, 3.8) is 0 Å². The summed E-state index contributed by atoms with van der Waals surface area (Å²) in [7, 11) is 0. The third kappa shape index (κ3) is 4.41. The van der Waals surface area contributed by atoms with Crippen LogP contribution in [0.2, 0.25) is 5.02 Å². The van der Waals surface area contributed by atoms with E-state index in [4.69, 9.17) is 16.3 Å². The molecule has 0 saturated carbocycles. The molecule has 1 atom stereocenters. The number of hydrogen-bond acceptors (Lipinski definition) is 3. The number of Topliss-reactive ketones (excluding diaryl/α,β-unsaturated/α-hetero) is 1. The van der Waals surface area contributed by atoms with Crippen LogP contribution in [0, 0.1) is 0 Å². The molecule has 1 aliphatic rings. The smallest absolute Gasteiger partial charge is 0.164 e. The van der Waals surface area contributed by atoms with Gasteiger partial charge in [-0.1, -0.05) is 54.1 Å². The molecule has 0 amide bonds. The second-order valence-electron chi connectivity index (χ2n) is 5.75. The van der Waals surface area contributed by atoms with Gasteiger partial charge in [0.05, 0.1) is 12.7 Å². The van der Waals surface area contributed by atoms with Crippen molar-refractivity contribution >= 4 is 17.4 Å². The lowest BCUT2D eigenvalue weighted by Crippen LogP contribution is -2.39. The molecule has 4 heteroatoms. The first-order valence-electron chi connectivity index (χ1n) is 7.90. The fourth-order valence-electron chi connectivity index (χ4n) is 2.81. The monoisotopic (exact) mass is 329 g/mol. The van der Waals surface area contributed by atoms with Gasteiger partial charge in [0.25, 0.3) is 0 Å². The summed E-state index contributed by atoms with van der Waals surface area (Å²) < 4.78 is 5.86. The predicted octanol–water partition coefficient (Wildman–Crippen LogP) is 3.99. The number of benzene rings is 2. The van der Waals surface area contributed by atoms with Crippen LogP contribution >= 0.6 is 11.6 Å². The summed E-state index contributed by atoms with van der Waals surface area (Å²) in [6, 6.07) is 17.3. The number of ketones is 1. The standard InChI is InChI=1S/C19H20ClNO2/c20-17-8-6-16(7-9-17)19-14-21(12-13-23-19)11-10-18(22)15-4-2-1-3-5-15/h1-9,19H,10-14H2. The van der Waals surface area contributed by atoms with Crippen LogP contribution in [-0.2, 0) is 4.74 Å². The van der Waals surface area contributed by atoms with Gasteiger partial charge in [-0.2, -0.15) is 0 Å². The van der Waals surface area contributed by atoms with Gasteiger partial charge in [0.1, 0.15) is 0 Å². The molecule has 0 bridgehead atoms. The quantitative estimate of drug-likeness (QED) is 0.777. The normalized spacial score (nSPS) is 18.7. The molecular weight excluding hydrogens is 310 g/mol. The Morgan fingerprint density at radius 3 is 2.61 bits per heavy atom. The molecule has 1 aliphatic heterocycles. The third-order valence-electron chi connectivity index (χ3n) is 4.14. The number of carbonyl (C=O) groups is 1. The van der Waals surface area contributed by atoms with Gasteiger partial charge in [-0.15, -0.1) is 0 Å². The molecule has 0 radical (unpaired) electrons. The lowest BCUT2D eigenvalue weighted by molar-refractivity contribution is -0.0297. The van der Waals surface area contributed by atoms with Crippen molar-refractivity contribution < 1.29 is 9.53 Å². The SMILES string of the molecule is O=C(CCN1CCOC(c2ccc(Cl)cc2)C1)c1ccccc1. The summed E-state index contributed by atoms with van der Waals surface area (Å²) in [5.74, 6) is 0.195. The number of ether oxygens (including phenoxy) is 1. The van der Waals surface area contributed by atoms with E-state index < -0.39 is 0 Å². The summed E-state index contributed by atoms with van der Waals surface area (Å²) in [6.45, 7) is 3.13. The van der Waals surface area contributed by atoms with E-state index in [0.717, 1.165) is 35.8 Å². The van der Waals surface area contributed by atoms with Crippen molar-refractivity contribution in [2.24, 2.45) is 0 Å². The highest BCUT2D eigenvalue weighted by molar-refractivity contribution is 6.30. The van der Waals surface area contributed by atoms with Gasteiger partial charge in [0.15, 0.2) is 5.78 Å². The zero-order chi connectivity index (χ0) is 16.1. The Kier molecular flexibility index (Phi) is 5.44. The van der Waals surface area contributed by atoms with Crippen LogP contribution in [0.1, 0.15) is 28.4 Å². The Bertz CT molecular complexity index is 642. The van der Waals surface area contributed by atoms with Crippen LogP contribution in [0.3, 0.4) is 0 Å². The van der Waals surface area contributed by atoms with Gasteiger partial charge < -0.3 is 4.74 Å². The summed E-state index contributed by atoms with van der Waals surface area (Å²) in [4.78, 5) is 14.5. The number of rotatable bonds is 5. The minimum Gasteiger partial charge on any atom is -0.371 e. The van der Waals surface area contributed by atoms with Crippen molar-refractivity contribution in [3.05, 3.63) is 70.7 Å². The van der Waals surface area contributed by atoms with E-state index in [1.807, 2.05) is 54.6 Å². The van der Waals surface area contributed by atoms with Crippen LogP contribution in [0.25, 0.3) is 0 Å². The Hall–Kier alpha value is -1.68. The molecular formula is C19H20ClNO2. The zero-order valence-corrected chi connectivity index (χ0v) is 13.7. The topological polar surface area (TPSA) is 29.5 Å². The summed E-state index contributed by atoms with van der Waals surface area (Å²) in [6.07, 6.45) is 0.588. The number of halogens is 1. The minimum atomic E-state index is 0.0489. The summed E-state index contributed by atoms with van der Waals surface area (Å²) in [5.41, 5.74) is 1.92. The van der Waals surface area contributed by atoms with E-state index in [9.17, 15) is 4.79 Å². The highest BCUT2D eigenvalue weighted by Crippen LogP contribution is 2.23. The Labute approximate surface area is 141 Å². The van der Waals surface area contributed by atoms with Gasteiger partial charge in [-0.05, 0) is 17.7 Å². The van der Waals surface area contributed by atoms with Crippen molar-refractivity contribution in [3.8, 4) is 0 Å². The molecule has 0 spiro atoms. The molecule has 1 saturated heterocycles. The average Bonchev–Trinajstić information content (AvgIpc) is 2.61. The molecule has 0 aromatic heterocycles. The largest absolute Gasteiger partial charge is 0.371 e. The highest BCUT2D eigenvalue weighted by atomic mass is 35.5. The van der Waals surface area contributed by atoms with Crippen LogP contribution in [0.4, 0.5) is 0 Å². The van der Waals surface area contributed by atoms with Gasteiger partial charge >= 0.3 is 0 Å². The van der Waals surface area contributed by atoms with Crippen LogP contribution in [0.15, 0.2) is 54.6 Å². The van der Waals surface area contributed by atoms with E-state index in [-0.39, 0.29) is 11.9 Å². The Morgan fingerprint density at radius 2 is 1.87 bits per heavy atom. The maximum atomic E-state index is 12.2. The van der Waals surface area contributed by atoms with Crippen molar-refractivity contribution in [2.45, 2.75) is 12.5 Å². The molecule has 0 N–H and O–H groups in total. The summed E-state index contributed by atoms with van der Waals surface area (Å²) in [5, 5.41) is 0.731. The Morgan fingerprint density at radius 1 is 1.13 bits per heavy atom. The first-order valence-corrected chi connectivity index (χ1v) is 8.28. The van der Waals surface area contributed by atoms with Crippen LogP contribution < -0.4 is 0 Å². The van der Waals surface area contributed by atoms with E-state index in [2.05, 4.69) is 4.90 Å². The molecule has 0 aliphatic carbocycles. The maximum absolute atomic E-state index is 12.2. The van der Waals surface area contributed by atoms with Crippen LogP contribution in [-0.4, -0.2) is 36.9 Å². The summed E-state index contributed by atoms with van der Waals surface area (Å²) >= 11 is 5.93. The van der Waals surface area contributed by atoms with Crippen molar-refractivity contribution in [2.75, 3.05) is 26.2 Å². The third-order valence-corrected chi connectivity index (χ3v) is 4.40. The maximum Gasteiger partial charge on any atom is 0.164 e. The van der Waals surface area contributed by atoms with E-state index >= 15 is 0 Å².